The zero-order chi connectivity index (χ0) is 16.2. The lowest BCUT2D eigenvalue weighted by Gasteiger charge is -2.22. The molecule has 0 bridgehead atoms. The number of nitriles is 1. The van der Waals surface area contributed by atoms with E-state index in [1.165, 1.54) is 5.56 Å². The largest absolute Gasteiger partial charge is 0.308 e. The number of carbonyl (C=O) groups is 1. The minimum atomic E-state index is 0.168. The second kappa shape index (κ2) is 6.89. The zero-order valence-electron chi connectivity index (χ0n) is 13.0. The van der Waals surface area contributed by atoms with E-state index in [-0.39, 0.29) is 11.9 Å². The molecule has 1 heterocycles. The molecule has 2 aromatic rings. The normalized spacial score (nSPS) is 16.0. The molecule has 4 heteroatoms. The molecule has 1 atom stereocenters. The van der Waals surface area contributed by atoms with Gasteiger partial charge in [0, 0.05) is 17.5 Å². The van der Waals surface area contributed by atoms with Crippen molar-refractivity contribution in [1.82, 2.24) is 0 Å². The molecule has 0 aliphatic carbocycles. The van der Waals surface area contributed by atoms with Crippen LogP contribution in [0.25, 0.3) is 0 Å². The summed E-state index contributed by atoms with van der Waals surface area (Å²) in [6.07, 6.45) is 0.933. The van der Waals surface area contributed by atoms with E-state index in [9.17, 15) is 4.79 Å². The van der Waals surface area contributed by atoms with Gasteiger partial charge in [0.2, 0.25) is 5.91 Å². The van der Waals surface area contributed by atoms with Crippen molar-refractivity contribution in [3.8, 4) is 6.07 Å². The molecule has 0 aromatic heterocycles. The Hall–Kier alpha value is -2.25. The Morgan fingerprint density at radius 3 is 2.74 bits per heavy atom. The standard InChI is InChI=1S/C19H18N2OS/c1-14-10-17-4-2-3-5-18(17)21(14)19(22)13-23-12-16-8-6-15(11-20)7-9-16/h2-9,14H,10,12-13H2,1H3. The monoisotopic (exact) mass is 322 g/mol. The third kappa shape index (κ3) is 3.40. The summed E-state index contributed by atoms with van der Waals surface area (Å²) in [5.41, 5.74) is 4.11. The molecule has 1 aliphatic rings. The molecule has 1 unspecified atom stereocenters. The molecule has 3 nitrogen and oxygen atoms in total. The molecule has 116 valence electrons. The van der Waals surface area contributed by atoms with Crippen molar-refractivity contribution in [2.45, 2.75) is 25.1 Å². The Morgan fingerprint density at radius 1 is 1.26 bits per heavy atom. The van der Waals surface area contributed by atoms with Crippen LogP contribution in [-0.4, -0.2) is 17.7 Å². The third-order valence-corrected chi connectivity index (χ3v) is 5.04. The molecule has 0 saturated carbocycles. The molecular weight excluding hydrogens is 304 g/mol. The van der Waals surface area contributed by atoms with Crippen LogP contribution >= 0.6 is 11.8 Å². The lowest BCUT2D eigenvalue weighted by Crippen LogP contribution is -2.37. The van der Waals surface area contributed by atoms with Gasteiger partial charge in [-0.2, -0.15) is 5.26 Å². The molecule has 0 saturated heterocycles. The van der Waals surface area contributed by atoms with E-state index < -0.39 is 0 Å². The number of nitrogens with zero attached hydrogens (tertiary/aromatic N) is 2. The smallest absolute Gasteiger partial charge is 0.237 e. The summed E-state index contributed by atoms with van der Waals surface area (Å²) in [5.74, 6) is 1.42. The van der Waals surface area contributed by atoms with Crippen molar-refractivity contribution in [3.63, 3.8) is 0 Å². The van der Waals surface area contributed by atoms with Crippen LogP contribution in [0.15, 0.2) is 48.5 Å². The molecule has 0 spiro atoms. The fraction of sp³-hybridized carbons (Fsp3) is 0.263. The van der Waals surface area contributed by atoms with Gasteiger partial charge in [0.25, 0.3) is 0 Å². The molecule has 3 rings (SSSR count). The lowest BCUT2D eigenvalue weighted by molar-refractivity contribution is -0.116. The number of fused-ring (bicyclic) bond motifs is 1. The highest BCUT2D eigenvalue weighted by molar-refractivity contribution is 7.99. The minimum Gasteiger partial charge on any atom is -0.308 e. The second-order valence-corrected chi connectivity index (χ2v) is 6.73. The van der Waals surface area contributed by atoms with E-state index in [1.807, 2.05) is 47.4 Å². The predicted molar refractivity (Wildman–Crippen MR) is 94.4 cm³/mol. The van der Waals surface area contributed by atoms with E-state index in [2.05, 4.69) is 19.1 Å². The highest BCUT2D eigenvalue weighted by atomic mass is 32.2. The fourth-order valence-electron chi connectivity index (χ4n) is 2.95. The van der Waals surface area contributed by atoms with Crippen LogP contribution in [0.4, 0.5) is 5.69 Å². The van der Waals surface area contributed by atoms with E-state index in [1.54, 1.807) is 11.8 Å². The number of carbonyl (C=O) groups excluding carboxylic acids is 1. The van der Waals surface area contributed by atoms with Crippen LogP contribution in [0, 0.1) is 11.3 Å². The average molecular weight is 322 g/mol. The van der Waals surface area contributed by atoms with E-state index in [4.69, 9.17) is 5.26 Å². The van der Waals surface area contributed by atoms with Crippen molar-refractivity contribution < 1.29 is 4.79 Å². The summed E-state index contributed by atoms with van der Waals surface area (Å²) >= 11 is 1.62. The van der Waals surface area contributed by atoms with E-state index in [0.717, 1.165) is 23.4 Å². The van der Waals surface area contributed by atoms with Crippen LogP contribution in [0.1, 0.15) is 23.6 Å². The first-order valence-electron chi connectivity index (χ1n) is 7.66. The van der Waals surface area contributed by atoms with Gasteiger partial charge in [-0.05, 0) is 42.7 Å². The van der Waals surface area contributed by atoms with Crippen LogP contribution < -0.4 is 4.90 Å². The maximum atomic E-state index is 12.6. The van der Waals surface area contributed by atoms with Gasteiger partial charge in [0.05, 0.1) is 17.4 Å². The predicted octanol–water partition coefficient (Wildman–Crippen LogP) is 3.77. The van der Waals surface area contributed by atoms with E-state index in [0.29, 0.717) is 11.3 Å². The molecule has 0 fully saturated rings. The number of anilines is 1. The number of amides is 1. The van der Waals surface area contributed by atoms with Gasteiger partial charge in [-0.1, -0.05) is 30.3 Å². The minimum absolute atomic E-state index is 0.168. The van der Waals surface area contributed by atoms with Crippen molar-refractivity contribution in [1.29, 1.82) is 5.26 Å². The molecule has 0 N–H and O–H groups in total. The van der Waals surface area contributed by atoms with Crippen LogP contribution in [0.2, 0.25) is 0 Å². The quantitative estimate of drug-likeness (QED) is 0.860. The SMILES string of the molecule is CC1Cc2ccccc2N1C(=O)CSCc1ccc(C#N)cc1. The molecule has 0 radical (unpaired) electrons. The van der Waals surface area contributed by atoms with Crippen molar-refractivity contribution in [2.75, 3.05) is 10.7 Å². The van der Waals surface area contributed by atoms with Gasteiger partial charge in [-0.25, -0.2) is 0 Å². The number of hydrogen-bond acceptors (Lipinski definition) is 3. The molecule has 2 aromatic carbocycles. The summed E-state index contributed by atoms with van der Waals surface area (Å²) in [5, 5.41) is 8.80. The molecule has 23 heavy (non-hydrogen) atoms. The highest BCUT2D eigenvalue weighted by Crippen LogP contribution is 2.32. The van der Waals surface area contributed by atoms with Gasteiger partial charge >= 0.3 is 0 Å². The first kappa shape index (κ1) is 15.6. The molecular formula is C19H18N2OS. The first-order valence-corrected chi connectivity index (χ1v) is 8.81. The summed E-state index contributed by atoms with van der Waals surface area (Å²) in [4.78, 5) is 14.5. The third-order valence-electron chi connectivity index (χ3n) is 4.05. The van der Waals surface area contributed by atoms with Crippen LogP contribution in [0.3, 0.4) is 0 Å². The van der Waals surface area contributed by atoms with Gasteiger partial charge in [-0.3, -0.25) is 4.79 Å². The Kier molecular flexibility index (Phi) is 4.68. The zero-order valence-corrected chi connectivity index (χ0v) is 13.8. The Labute approximate surface area is 140 Å². The van der Waals surface area contributed by atoms with Gasteiger partial charge in [0.15, 0.2) is 0 Å². The fourth-order valence-corrected chi connectivity index (χ4v) is 3.79. The second-order valence-electron chi connectivity index (χ2n) is 5.75. The van der Waals surface area contributed by atoms with Crippen molar-refractivity contribution in [3.05, 3.63) is 65.2 Å². The molecule has 1 aliphatic heterocycles. The lowest BCUT2D eigenvalue weighted by atomic mass is 10.1. The summed E-state index contributed by atoms with van der Waals surface area (Å²) in [7, 11) is 0. The summed E-state index contributed by atoms with van der Waals surface area (Å²) in [6, 6.07) is 18.0. The average Bonchev–Trinajstić information content (AvgIpc) is 2.91. The number of rotatable bonds is 4. The van der Waals surface area contributed by atoms with Gasteiger partial charge < -0.3 is 4.90 Å². The first-order chi connectivity index (χ1) is 11.2. The topological polar surface area (TPSA) is 44.1 Å². The van der Waals surface area contributed by atoms with Gasteiger partial charge in [-0.15, -0.1) is 11.8 Å². The van der Waals surface area contributed by atoms with Gasteiger partial charge in [0.1, 0.15) is 0 Å². The number of para-hydroxylation sites is 1. The Balaban J connectivity index is 1.58. The van der Waals surface area contributed by atoms with Crippen molar-refractivity contribution in [2.24, 2.45) is 0 Å². The highest BCUT2D eigenvalue weighted by Gasteiger charge is 2.30. The maximum Gasteiger partial charge on any atom is 0.237 e. The number of hydrogen-bond donors (Lipinski definition) is 0. The number of thioether (sulfide) groups is 1. The summed E-state index contributed by atoms with van der Waals surface area (Å²) in [6.45, 7) is 2.10. The Morgan fingerprint density at radius 2 is 2.00 bits per heavy atom. The van der Waals surface area contributed by atoms with Crippen LogP contribution in [-0.2, 0) is 17.0 Å². The van der Waals surface area contributed by atoms with Crippen LogP contribution in [0.5, 0.6) is 0 Å². The van der Waals surface area contributed by atoms with E-state index >= 15 is 0 Å². The summed E-state index contributed by atoms with van der Waals surface area (Å²) < 4.78 is 0. The number of benzene rings is 2. The molecule has 1 amide bonds. The maximum absolute atomic E-state index is 12.6. The Bertz CT molecular complexity index is 749. The van der Waals surface area contributed by atoms with Crippen molar-refractivity contribution >= 4 is 23.4 Å².